The molecule has 0 aromatic rings. The molecule has 0 spiro atoms. The summed E-state index contributed by atoms with van der Waals surface area (Å²) in [4.78, 5) is 24.9. The van der Waals surface area contributed by atoms with Crippen LogP contribution in [0, 0.1) is 5.92 Å². The molecule has 0 aliphatic carbocycles. The van der Waals surface area contributed by atoms with E-state index in [1.807, 2.05) is 0 Å². The van der Waals surface area contributed by atoms with Gasteiger partial charge in [-0.05, 0) is 31.7 Å². The molecule has 6 heteroatoms. The highest BCUT2D eigenvalue weighted by molar-refractivity contribution is 5.80. The number of carbonyl (C=O) groups is 2. The largest absolute Gasteiger partial charge is 0.480 e. The fourth-order valence-corrected chi connectivity index (χ4v) is 2.59. The van der Waals surface area contributed by atoms with E-state index in [-0.39, 0.29) is 12.5 Å². The van der Waals surface area contributed by atoms with Gasteiger partial charge in [-0.3, -0.25) is 14.5 Å². The predicted molar refractivity (Wildman–Crippen MR) is 75.5 cm³/mol. The monoisotopic (exact) mass is 286 g/mol. The van der Waals surface area contributed by atoms with E-state index in [1.54, 1.807) is 12.0 Å². The van der Waals surface area contributed by atoms with Crippen molar-refractivity contribution in [1.82, 2.24) is 10.2 Å². The Labute approximate surface area is 120 Å². The van der Waals surface area contributed by atoms with Gasteiger partial charge in [0.2, 0.25) is 5.91 Å². The maximum absolute atomic E-state index is 11.8. The highest BCUT2D eigenvalue weighted by atomic mass is 16.5. The molecule has 2 N–H and O–H groups in total. The zero-order valence-corrected chi connectivity index (χ0v) is 12.4. The summed E-state index contributed by atoms with van der Waals surface area (Å²) in [6.45, 7) is 4.11. The minimum absolute atomic E-state index is 0.109. The SMILES string of the molecule is CCC1CCN(CC(=O)NCCCOC)C(C(=O)O)C1. The van der Waals surface area contributed by atoms with Crippen molar-refractivity contribution in [2.75, 3.05) is 33.4 Å². The number of likely N-dealkylation sites (tertiary alicyclic amines) is 1. The summed E-state index contributed by atoms with van der Waals surface area (Å²) < 4.78 is 4.91. The Morgan fingerprint density at radius 2 is 2.20 bits per heavy atom. The topological polar surface area (TPSA) is 78.9 Å². The summed E-state index contributed by atoms with van der Waals surface area (Å²) in [6, 6.07) is -0.529. The molecule has 1 aliphatic rings. The third-order valence-electron chi connectivity index (χ3n) is 3.88. The fourth-order valence-electron chi connectivity index (χ4n) is 2.59. The Balaban J connectivity index is 2.40. The van der Waals surface area contributed by atoms with Gasteiger partial charge in [-0.1, -0.05) is 13.3 Å². The number of hydrogen-bond donors (Lipinski definition) is 2. The molecule has 116 valence electrons. The molecule has 0 aromatic heterocycles. The number of ether oxygens (including phenoxy) is 1. The molecule has 0 saturated carbocycles. The van der Waals surface area contributed by atoms with E-state index in [9.17, 15) is 14.7 Å². The maximum Gasteiger partial charge on any atom is 0.320 e. The standard InChI is InChI=1S/C14H26N2O4/c1-3-11-5-7-16(12(9-11)14(18)19)10-13(17)15-6-4-8-20-2/h11-12H,3-10H2,1-2H3,(H,15,17)(H,18,19). The molecule has 1 saturated heterocycles. The molecule has 1 aliphatic heterocycles. The van der Waals surface area contributed by atoms with Crippen molar-refractivity contribution < 1.29 is 19.4 Å². The van der Waals surface area contributed by atoms with Crippen molar-refractivity contribution in [1.29, 1.82) is 0 Å². The van der Waals surface area contributed by atoms with Gasteiger partial charge in [-0.25, -0.2) is 0 Å². The lowest BCUT2D eigenvalue weighted by Gasteiger charge is -2.36. The number of methoxy groups -OCH3 is 1. The number of nitrogens with zero attached hydrogens (tertiary/aromatic N) is 1. The number of hydrogen-bond acceptors (Lipinski definition) is 4. The van der Waals surface area contributed by atoms with E-state index in [1.165, 1.54) is 0 Å². The van der Waals surface area contributed by atoms with E-state index in [2.05, 4.69) is 12.2 Å². The maximum atomic E-state index is 11.8. The first-order valence-corrected chi connectivity index (χ1v) is 7.31. The van der Waals surface area contributed by atoms with Crippen molar-refractivity contribution in [2.45, 2.75) is 38.6 Å². The molecule has 2 atom stereocenters. The average molecular weight is 286 g/mol. The Kier molecular flexibility index (Phi) is 7.54. The highest BCUT2D eigenvalue weighted by Gasteiger charge is 2.33. The number of carbonyl (C=O) groups excluding carboxylic acids is 1. The zero-order chi connectivity index (χ0) is 15.0. The molecule has 1 heterocycles. The van der Waals surface area contributed by atoms with Crippen LogP contribution in [0.25, 0.3) is 0 Å². The van der Waals surface area contributed by atoms with Gasteiger partial charge in [0.1, 0.15) is 6.04 Å². The molecule has 0 aromatic carbocycles. The second-order valence-electron chi connectivity index (χ2n) is 5.32. The number of aliphatic carboxylic acids is 1. The van der Waals surface area contributed by atoms with Crippen LogP contribution in [-0.2, 0) is 14.3 Å². The number of nitrogens with one attached hydrogen (secondary N) is 1. The summed E-state index contributed by atoms with van der Waals surface area (Å²) in [7, 11) is 1.62. The molecule has 1 amide bonds. The van der Waals surface area contributed by atoms with Gasteiger partial charge < -0.3 is 15.2 Å². The van der Waals surface area contributed by atoms with Crippen LogP contribution >= 0.6 is 0 Å². The first-order valence-electron chi connectivity index (χ1n) is 7.31. The smallest absolute Gasteiger partial charge is 0.320 e. The normalized spacial score (nSPS) is 23.5. The number of carboxylic acid groups (broad SMARTS) is 1. The highest BCUT2D eigenvalue weighted by Crippen LogP contribution is 2.25. The first-order chi connectivity index (χ1) is 9.58. The summed E-state index contributed by atoms with van der Waals surface area (Å²) in [5.41, 5.74) is 0. The first kappa shape index (κ1) is 16.9. The van der Waals surface area contributed by atoms with Crippen LogP contribution in [0.2, 0.25) is 0 Å². The predicted octanol–water partition coefficient (Wildman–Crippen LogP) is 0.714. The van der Waals surface area contributed by atoms with Crippen LogP contribution in [0.1, 0.15) is 32.6 Å². The molecular weight excluding hydrogens is 260 g/mol. The van der Waals surface area contributed by atoms with E-state index < -0.39 is 12.0 Å². The van der Waals surface area contributed by atoms with Crippen LogP contribution in [0.5, 0.6) is 0 Å². The van der Waals surface area contributed by atoms with Crippen LogP contribution in [0.15, 0.2) is 0 Å². The van der Waals surface area contributed by atoms with Crippen molar-refractivity contribution in [3.05, 3.63) is 0 Å². The molecule has 6 nitrogen and oxygen atoms in total. The van der Waals surface area contributed by atoms with Gasteiger partial charge in [0.15, 0.2) is 0 Å². The third-order valence-corrected chi connectivity index (χ3v) is 3.88. The number of carboxylic acids is 1. The molecule has 0 radical (unpaired) electrons. The van der Waals surface area contributed by atoms with Crippen molar-refractivity contribution in [3.8, 4) is 0 Å². The van der Waals surface area contributed by atoms with Gasteiger partial charge >= 0.3 is 5.97 Å². The summed E-state index contributed by atoms with van der Waals surface area (Å²) in [6.07, 6.45) is 3.38. The van der Waals surface area contributed by atoms with E-state index in [0.717, 1.165) is 19.3 Å². The lowest BCUT2D eigenvalue weighted by Crippen LogP contribution is -2.50. The lowest BCUT2D eigenvalue weighted by atomic mass is 9.89. The number of amides is 1. The summed E-state index contributed by atoms with van der Waals surface area (Å²) in [5, 5.41) is 12.1. The summed E-state index contributed by atoms with van der Waals surface area (Å²) >= 11 is 0. The number of rotatable bonds is 8. The van der Waals surface area contributed by atoms with E-state index >= 15 is 0 Å². The number of piperidine rings is 1. The van der Waals surface area contributed by atoms with Crippen molar-refractivity contribution >= 4 is 11.9 Å². The Hall–Kier alpha value is -1.14. The Bertz CT molecular complexity index is 322. The van der Waals surface area contributed by atoms with Crippen LogP contribution in [0.4, 0.5) is 0 Å². The van der Waals surface area contributed by atoms with Crippen molar-refractivity contribution in [3.63, 3.8) is 0 Å². The van der Waals surface area contributed by atoms with Gasteiger partial charge in [-0.2, -0.15) is 0 Å². The molecular formula is C14H26N2O4. The van der Waals surface area contributed by atoms with Gasteiger partial charge in [0, 0.05) is 20.3 Å². The second-order valence-corrected chi connectivity index (χ2v) is 5.32. The quantitative estimate of drug-likeness (QED) is 0.643. The average Bonchev–Trinajstić information content (AvgIpc) is 2.43. The van der Waals surface area contributed by atoms with Crippen LogP contribution in [0.3, 0.4) is 0 Å². The fraction of sp³-hybridized carbons (Fsp3) is 0.857. The van der Waals surface area contributed by atoms with E-state index in [4.69, 9.17) is 4.74 Å². The lowest BCUT2D eigenvalue weighted by molar-refractivity contribution is -0.146. The minimum atomic E-state index is -0.824. The van der Waals surface area contributed by atoms with Crippen LogP contribution in [-0.4, -0.2) is 61.3 Å². The van der Waals surface area contributed by atoms with Gasteiger partial charge in [-0.15, -0.1) is 0 Å². The minimum Gasteiger partial charge on any atom is -0.480 e. The molecule has 1 rings (SSSR count). The molecule has 0 bridgehead atoms. The molecule has 1 fully saturated rings. The zero-order valence-electron chi connectivity index (χ0n) is 12.4. The molecule has 2 unspecified atom stereocenters. The van der Waals surface area contributed by atoms with Gasteiger partial charge in [0.25, 0.3) is 0 Å². The molecule has 20 heavy (non-hydrogen) atoms. The second kappa shape index (κ2) is 8.92. The third kappa shape index (κ3) is 5.46. The summed E-state index contributed by atoms with van der Waals surface area (Å²) in [5.74, 6) is -0.477. The Morgan fingerprint density at radius 1 is 1.45 bits per heavy atom. The Morgan fingerprint density at radius 3 is 2.80 bits per heavy atom. The van der Waals surface area contributed by atoms with Crippen molar-refractivity contribution in [2.24, 2.45) is 5.92 Å². The van der Waals surface area contributed by atoms with E-state index in [0.29, 0.717) is 32.0 Å². The van der Waals surface area contributed by atoms with Gasteiger partial charge in [0.05, 0.1) is 6.54 Å². The van der Waals surface area contributed by atoms with Crippen LogP contribution < -0.4 is 5.32 Å².